The molecule has 0 saturated carbocycles. The lowest BCUT2D eigenvalue weighted by Gasteiger charge is -2.22. The second-order valence-corrected chi connectivity index (χ2v) is 8.91. The summed E-state index contributed by atoms with van der Waals surface area (Å²) in [6.07, 6.45) is -3.96. The van der Waals surface area contributed by atoms with Crippen LogP contribution in [0.5, 0.6) is 0 Å². The van der Waals surface area contributed by atoms with Crippen LogP contribution < -0.4 is 32.3 Å². The van der Waals surface area contributed by atoms with Gasteiger partial charge in [-0.2, -0.15) is 12.6 Å². The Kier molecular flexibility index (Phi) is 16.3. The molecule has 240 valence electrons. The van der Waals surface area contributed by atoms with Crippen molar-refractivity contribution in [2.75, 3.05) is 12.3 Å². The van der Waals surface area contributed by atoms with E-state index in [2.05, 4.69) is 17.9 Å². The van der Waals surface area contributed by atoms with Gasteiger partial charge in [0.25, 0.3) is 0 Å². The van der Waals surface area contributed by atoms with E-state index < -0.39 is 128 Å². The van der Waals surface area contributed by atoms with Crippen LogP contribution in [0.3, 0.4) is 0 Å². The topological polar surface area (TPSA) is 358 Å². The van der Waals surface area contributed by atoms with Crippen LogP contribution in [0.15, 0.2) is 0 Å². The van der Waals surface area contributed by atoms with Crippen molar-refractivity contribution in [3.63, 3.8) is 0 Å². The summed E-state index contributed by atoms with van der Waals surface area (Å²) in [5.41, 5.74) is 5.38. The van der Waals surface area contributed by atoms with Crippen molar-refractivity contribution in [1.29, 1.82) is 0 Å². The van der Waals surface area contributed by atoms with Crippen LogP contribution in [0.1, 0.15) is 25.7 Å². The summed E-state index contributed by atoms with van der Waals surface area (Å²) < 4.78 is 0. The SMILES string of the molecule is N[C@@H](CC(=O)O)C(=O)N[C@@H](CC(=O)O)C(=O)N[C@@H](CS)C(=O)NCC(=O)N[C@@H](CC(=O)O)C(=O)N[C@@H](CC(=O)O)C(=O)O. The molecule has 0 heterocycles. The number of carbonyl (C=O) groups excluding carboxylic acids is 5. The fraction of sp³-hybridized carbons (Fsp3) is 0.524. The first-order valence-corrected chi connectivity index (χ1v) is 12.5. The number of hydrogen-bond donors (Lipinski definition) is 12. The smallest absolute Gasteiger partial charge is 0.326 e. The first kappa shape index (κ1) is 38.0. The number of carboxylic acid groups (broad SMARTS) is 5. The van der Waals surface area contributed by atoms with E-state index in [0.717, 1.165) is 0 Å². The van der Waals surface area contributed by atoms with Gasteiger partial charge in [0.15, 0.2) is 0 Å². The Balaban J connectivity index is 5.36. The molecule has 0 bridgehead atoms. The van der Waals surface area contributed by atoms with Gasteiger partial charge in [0.2, 0.25) is 29.5 Å². The lowest BCUT2D eigenvalue weighted by Crippen LogP contribution is -2.58. The molecule has 5 atom stereocenters. The van der Waals surface area contributed by atoms with E-state index in [-0.39, 0.29) is 0 Å². The van der Waals surface area contributed by atoms with E-state index >= 15 is 0 Å². The Bertz CT molecular complexity index is 1130. The van der Waals surface area contributed by atoms with Gasteiger partial charge in [0.05, 0.1) is 38.3 Å². The van der Waals surface area contributed by atoms with Gasteiger partial charge in [-0.25, -0.2) is 4.79 Å². The standard InChI is InChI=1S/C21H30N6O15S/c22-7(1-13(29)30)17(37)25-9(3-15(33)34)20(40)27-11(6-43)18(38)23-5-12(28)24-8(2-14(31)32)19(39)26-10(21(41)42)4-16(35)36/h7-11,43H,1-6,22H2,(H,23,38)(H,24,28)(H,25,37)(H,26,39)(H,27,40)(H,29,30)(H,31,32)(H,33,34)(H,35,36)(H,41,42)/t7-,8-,9-,10-,11-/m0/s1. The first-order valence-electron chi connectivity index (χ1n) is 11.8. The largest absolute Gasteiger partial charge is 0.481 e. The van der Waals surface area contributed by atoms with Crippen molar-refractivity contribution < 1.29 is 73.5 Å². The predicted octanol–water partition coefficient (Wildman–Crippen LogP) is -5.72. The molecular formula is C21H30N6O15S. The number of carbonyl (C=O) groups is 10. The fourth-order valence-corrected chi connectivity index (χ4v) is 3.23. The molecule has 0 aromatic carbocycles. The van der Waals surface area contributed by atoms with Gasteiger partial charge < -0.3 is 57.9 Å². The molecule has 0 fully saturated rings. The highest BCUT2D eigenvalue weighted by Crippen LogP contribution is 2.01. The lowest BCUT2D eigenvalue weighted by molar-refractivity contribution is -0.148. The number of thiol groups is 1. The third-order valence-electron chi connectivity index (χ3n) is 5.01. The van der Waals surface area contributed by atoms with E-state index in [0.29, 0.717) is 0 Å². The Morgan fingerprint density at radius 1 is 0.535 bits per heavy atom. The maximum Gasteiger partial charge on any atom is 0.326 e. The molecule has 0 unspecified atom stereocenters. The highest BCUT2D eigenvalue weighted by atomic mass is 32.1. The Hall–Kier alpha value is -4.99. The van der Waals surface area contributed by atoms with Crippen LogP contribution in [0.2, 0.25) is 0 Å². The minimum absolute atomic E-state index is 0.435. The Morgan fingerprint density at radius 2 is 0.930 bits per heavy atom. The van der Waals surface area contributed by atoms with E-state index in [1.54, 1.807) is 5.32 Å². The second-order valence-electron chi connectivity index (χ2n) is 8.54. The fourth-order valence-electron chi connectivity index (χ4n) is 2.98. The van der Waals surface area contributed by atoms with Gasteiger partial charge in [0, 0.05) is 5.75 Å². The monoisotopic (exact) mass is 638 g/mol. The number of rotatable bonds is 20. The average molecular weight is 639 g/mol. The lowest BCUT2D eigenvalue weighted by atomic mass is 10.1. The highest BCUT2D eigenvalue weighted by molar-refractivity contribution is 7.80. The van der Waals surface area contributed by atoms with E-state index in [4.69, 9.17) is 31.3 Å². The zero-order chi connectivity index (χ0) is 33.4. The number of carboxylic acids is 5. The quantitative estimate of drug-likeness (QED) is 0.0552. The third kappa shape index (κ3) is 15.6. The van der Waals surface area contributed by atoms with Crippen molar-refractivity contribution in [3.8, 4) is 0 Å². The van der Waals surface area contributed by atoms with Gasteiger partial charge in [-0.15, -0.1) is 0 Å². The van der Waals surface area contributed by atoms with Gasteiger partial charge in [-0.1, -0.05) is 0 Å². The predicted molar refractivity (Wildman–Crippen MR) is 139 cm³/mol. The molecule has 21 nitrogen and oxygen atoms in total. The molecule has 0 aromatic rings. The molecule has 0 saturated heterocycles. The minimum atomic E-state index is -1.96. The molecular weight excluding hydrogens is 608 g/mol. The number of nitrogens with one attached hydrogen (secondary N) is 5. The third-order valence-corrected chi connectivity index (χ3v) is 5.37. The van der Waals surface area contributed by atoms with Crippen LogP contribution in [-0.2, 0) is 47.9 Å². The maximum absolute atomic E-state index is 12.6. The Morgan fingerprint density at radius 3 is 1.35 bits per heavy atom. The molecule has 0 aliphatic rings. The second kappa shape index (κ2) is 18.4. The number of amides is 5. The summed E-state index contributed by atoms with van der Waals surface area (Å²) >= 11 is 3.87. The van der Waals surface area contributed by atoms with Gasteiger partial charge >= 0.3 is 29.8 Å². The molecule has 43 heavy (non-hydrogen) atoms. The van der Waals surface area contributed by atoms with Crippen molar-refractivity contribution in [3.05, 3.63) is 0 Å². The van der Waals surface area contributed by atoms with Crippen molar-refractivity contribution in [2.45, 2.75) is 55.9 Å². The van der Waals surface area contributed by atoms with E-state index in [1.807, 2.05) is 16.0 Å². The number of hydrogen-bond acceptors (Lipinski definition) is 12. The van der Waals surface area contributed by atoms with Crippen LogP contribution in [-0.4, -0.2) is 127 Å². The van der Waals surface area contributed by atoms with Crippen molar-refractivity contribution >= 4 is 72.0 Å². The van der Waals surface area contributed by atoms with Gasteiger partial charge in [-0.05, 0) is 0 Å². The number of nitrogens with two attached hydrogens (primary N) is 1. The van der Waals surface area contributed by atoms with Crippen LogP contribution in [0.4, 0.5) is 0 Å². The molecule has 0 spiro atoms. The number of aliphatic carboxylic acids is 5. The molecule has 5 amide bonds. The van der Waals surface area contributed by atoms with Crippen LogP contribution in [0.25, 0.3) is 0 Å². The zero-order valence-corrected chi connectivity index (χ0v) is 22.9. The summed E-state index contributed by atoms with van der Waals surface area (Å²) in [7, 11) is 0. The maximum atomic E-state index is 12.6. The molecule has 0 aliphatic heterocycles. The molecule has 22 heteroatoms. The molecule has 0 aliphatic carbocycles. The summed E-state index contributed by atoms with van der Waals surface area (Å²) in [4.78, 5) is 117. The van der Waals surface area contributed by atoms with E-state index in [1.165, 1.54) is 0 Å². The summed E-state index contributed by atoms with van der Waals surface area (Å²) in [6.45, 7) is -0.931. The summed E-state index contributed by atoms with van der Waals surface area (Å²) in [6, 6.07) is -8.85. The minimum Gasteiger partial charge on any atom is -0.481 e. The van der Waals surface area contributed by atoms with Gasteiger partial charge in [-0.3, -0.25) is 43.2 Å². The van der Waals surface area contributed by atoms with Gasteiger partial charge in [0.1, 0.15) is 24.2 Å². The average Bonchev–Trinajstić information content (AvgIpc) is 2.87. The molecule has 0 rings (SSSR count). The molecule has 0 radical (unpaired) electrons. The van der Waals surface area contributed by atoms with Crippen molar-refractivity contribution in [2.24, 2.45) is 5.73 Å². The molecule has 0 aromatic heterocycles. The van der Waals surface area contributed by atoms with Crippen LogP contribution in [0, 0.1) is 0 Å². The normalized spacial score (nSPS) is 13.9. The summed E-state index contributed by atoms with van der Waals surface area (Å²) in [5.74, 6) is -14.4. The zero-order valence-electron chi connectivity index (χ0n) is 22.0. The summed E-state index contributed by atoms with van der Waals surface area (Å²) in [5, 5.41) is 54.3. The Labute approximate surface area is 246 Å². The van der Waals surface area contributed by atoms with Crippen molar-refractivity contribution in [1.82, 2.24) is 26.6 Å². The molecule has 12 N–H and O–H groups in total. The highest BCUT2D eigenvalue weighted by Gasteiger charge is 2.32. The van der Waals surface area contributed by atoms with Crippen LogP contribution >= 0.6 is 12.6 Å². The first-order chi connectivity index (χ1) is 19.9. The van der Waals surface area contributed by atoms with E-state index in [9.17, 15) is 47.9 Å².